The number of benzene rings is 1. The Morgan fingerprint density at radius 2 is 1.89 bits per heavy atom. The summed E-state index contributed by atoms with van der Waals surface area (Å²) in [6.45, 7) is 3.91. The van der Waals surface area contributed by atoms with Crippen molar-refractivity contribution in [3.05, 3.63) is 35.4 Å². The van der Waals surface area contributed by atoms with Crippen LogP contribution >= 0.6 is 0 Å². The molecule has 1 aromatic carbocycles. The maximum atomic E-state index is 11.7. The fourth-order valence-corrected chi connectivity index (χ4v) is 1.73. The highest BCUT2D eigenvalue weighted by Gasteiger charge is 2.19. The molecule has 0 heterocycles. The second kappa shape index (κ2) is 6.89. The van der Waals surface area contributed by atoms with E-state index in [0.29, 0.717) is 0 Å². The van der Waals surface area contributed by atoms with Crippen LogP contribution in [0.5, 0.6) is 0 Å². The minimum atomic E-state index is -1.08. The van der Waals surface area contributed by atoms with Crippen molar-refractivity contribution in [2.75, 3.05) is 0 Å². The van der Waals surface area contributed by atoms with Crippen molar-refractivity contribution in [1.29, 1.82) is 0 Å². The standard InChI is InChI=1S/C14H20N2O3/c1-3-10-4-6-11(7-5-10)9(2)16-14(19)12(15)8-13(17)18/h4-7,9,12H,3,8,15H2,1-2H3,(H,16,19)(H,17,18). The summed E-state index contributed by atoms with van der Waals surface area (Å²) in [5, 5.41) is 11.3. The van der Waals surface area contributed by atoms with Crippen molar-refractivity contribution in [2.24, 2.45) is 5.73 Å². The summed E-state index contributed by atoms with van der Waals surface area (Å²) in [5.74, 6) is -1.53. The third-order valence-corrected chi connectivity index (χ3v) is 2.98. The number of carboxylic acid groups (broad SMARTS) is 1. The SMILES string of the molecule is CCc1ccc(C(C)NC(=O)C(N)CC(=O)O)cc1. The van der Waals surface area contributed by atoms with E-state index in [9.17, 15) is 9.59 Å². The Morgan fingerprint density at radius 1 is 1.32 bits per heavy atom. The van der Waals surface area contributed by atoms with Crippen LogP contribution in [0.2, 0.25) is 0 Å². The van der Waals surface area contributed by atoms with E-state index >= 15 is 0 Å². The van der Waals surface area contributed by atoms with Crippen LogP contribution in [0.25, 0.3) is 0 Å². The number of carbonyl (C=O) groups is 2. The van der Waals surface area contributed by atoms with Crippen LogP contribution in [0.4, 0.5) is 0 Å². The molecule has 19 heavy (non-hydrogen) atoms. The summed E-state index contributed by atoms with van der Waals surface area (Å²) in [5.41, 5.74) is 7.69. The number of amides is 1. The molecule has 2 unspecified atom stereocenters. The van der Waals surface area contributed by atoms with E-state index < -0.39 is 17.9 Å². The van der Waals surface area contributed by atoms with Crippen LogP contribution in [0.1, 0.15) is 37.4 Å². The molecule has 0 aliphatic heterocycles. The Morgan fingerprint density at radius 3 is 2.37 bits per heavy atom. The van der Waals surface area contributed by atoms with E-state index in [2.05, 4.69) is 12.2 Å². The van der Waals surface area contributed by atoms with E-state index in [1.165, 1.54) is 5.56 Å². The Bertz CT molecular complexity index is 443. The van der Waals surface area contributed by atoms with Gasteiger partial charge in [-0.1, -0.05) is 31.2 Å². The Kier molecular flexibility index (Phi) is 5.51. The molecule has 1 amide bonds. The number of carbonyl (C=O) groups excluding carboxylic acids is 1. The zero-order chi connectivity index (χ0) is 14.4. The monoisotopic (exact) mass is 264 g/mol. The van der Waals surface area contributed by atoms with Gasteiger partial charge in [0, 0.05) is 0 Å². The quantitative estimate of drug-likeness (QED) is 0.720. The predicted molar refractivity (Wildman–Crippen MR) is 72.6 cm³/mol. The number of rotatable bonds is 6. The molecule has 0 fully saturated rings. The van der Waals surface area contributed by atoms with Gasteiger partial charge in [-0.2, -0.15) is 0 Å². The lowest BCUT2D eigenvalue weighted by Gasteiger charge is -2.17. The largest absolute Gasteiger partial charge is 0.481 e. The number of hydrogen-bond donors (Lipinski definition) is 3. The summed E-state index contributed by atoms with van der Waals surface area (Å²) < 4.78 is 0. The first kappa shape index (κ1) is 15.2. The first-order valence-electron chi connectivity index (χ1n) is 6.30. The first-order valence-corrected chi connectivity index (χ1v) is 6.30. The van der Waals surface area contributed by atoms with Crippen LogP contribution in [0.3, 0.4) is 0 Å². The number of nitrogens with two attached hydrogens (primary N) is 1. The second-order valence-corrected chi connectivity index (χ2v) is 4.53. The van der Waals surface area contributed by atoms with Crippen molar-refractivity contribution < 1.29 is 14.7 Å². The summed E-state index contributed by atoms with van der Waals surface area (Å²) in [7, 11) is 0. The smallest absolute Gasteiger partial charge is 0.305 e. The highest BCUT2D eigenvalue weighted by atomic mass is 16.4. The molecule has 2 atom stereocenters. The lowest BCUT2D eigenvalue weighted by Crippen LogP contribution is -2.42. The zero-order valence-corrected chi connectivity index (χ0v) is 11.2. The van der Waals surface area contributed by atoms with E-state index in [0.717, 1.165) is 12.0 Å². The molecule has 104 valence electrons. The van der Waals surface area contributed by atoms with Gasteiger partial charge in [-0.25, -0.2) is 0 Å². The molecule has 1 aromatic rings. The molecular formula is C14H20N2O3. The van der Waals surface area contributed by atoms with Crippen LogP contribution in [0.15, 0.2) is 24.3 Å². The van der Waals surface area contributed by atoms with Crippen LogP contribution in [0, 0.1) is 0 Å². The van der Waals surface area contributed by atoms with Crippen LogP contribution < -0.4 is 11.1 Å². The Labute approximate surface area is 112 Å². The topological polar surface area (TPSA) is 92.4 Å². The minimum Gasteiger partial charge on any atom is -0.481 e. The Hall–Kier alpha value is -1.88. The lowest BCUT2D eigenvalue weighted by molar-refractivity contribution is -0.139. The lowest BCUT2D eigenvalue weighted by atomic mass is 10.0. The van der Waals surface area contributed by atoms with Gasteiger partial charge >= 0.3 is 5.97 Å². The van der Waals surface area contributed by atoms with Gasteiger partial charge in [-0.15, -0.1) is 0 Å². The number of aliphatic carboxylic acids is 1. The van der Waals surface area contributed by atoms with E-state index in [4.69, 9.17) is 10.8 Å². The van der Waals surface area contributed by atoms with E-state index in [1.807, 2.05) is 31.2 Å². The Balaban J connectivity index is 2.60. The normalized spacial score (nSPS) is 13.6. The van der Waals surface area contributed by atoms with Gasteiger partial charge in [0.25, 0.3) is 0 Å². The molecule has 0 aliphatic carbocycles. The average Bonchev–Trinajstić information content (AvgIpc) is 2.37. The fraction of sp³-hybridized carbons (Fsp3) is 0.429. The van der Waals surface area contributed by atoms with Gasteiger partial charge in [0.05, 0.1) is 18.5 Å². The average molecular weight is 264 g/mol. The molecule has 0 aliphatic rings. The van der Waals surface area contributed by atoms with Crippen molar-refractivity contribution in [3.8, 4) is 0 Å². The number of carboxylic acids is 1. The zero-order valence-electron chi connectivity index (χ0n) is 11.2. The van der Waals surface area contributed by atoms with Crippen molar-refractivity contribution >= 4 is 11.9 Å². The third-order valence-electron chi connectivity index (χ3n) is 2.98. The van der Waals surface area contributed by atoms with Gasteiger partial charge in [-0.3, -0.25) is 9.59 Å². The van der Waals surface area contributed by atoms with Crippen LogP contribution in [-0.4, -0.2) is 23.0 Å². The third kappa shape index (κ3) is 4.71. The second-order valence-electron chi connectivity index (χ2n) is 4.53. The number of aryl methyl sites for hydroxylation is 1. The van der Waals surface area contributed by atoms with Gasteiger partial charge in [0.2, 0.25) is 5.91 Å². The molecule has 4 N–H and O–H groups in total. The molecule has 0 saturated carbocycles. The summed E-state index contributed by atoms with van der Waals surface area (Å²) in [6, 6.07) is 6.71. The molecule has 0 spiro atoms. The van der Waals surface area contributed by atoms with Gasteiger partial charge in [-0.05, 0) is 24.5 Å². The summed E-state index contributed by atoms with van der Waals surface area (Å²) in [6.07, 6.45) is 0.595. The van der Waals surface area contributed by atoms with Crippen molar-refractivity contribution in [2.45, 2.75) is 38.8 Å². The maximum absolute atomic E-state index is 11.7. The molecule has 1 rings (SSSR count). The van der Waals surface area contributed by atoms with Gasteiger partial charge in [0.15, 0.2) is 0 Å². The number of hydrogen-bond acceptors (Lipinski definition) is 3. The predicted octanol–water partition coefficient (Wildman–Crippen LogP) is 1.23. The number of nitrogens with one attached hydrogen (secondary N) is 1. The molecule has 0 saturated heterocycles. The molecule has 5 heteroatoms. The molecule has 5 nitrogen and oxygen atoms in total. The highest BCUT2D eigenvalue weighted by molar-refractivity contribution is 5.86. The summed E-state index contributed by atoms with van der Waals surface area (Å²) >= 11 is 0. The first-order chi connectivity index (χ1) is 8.93. The summed E-state index contributed by atoms with van der Waals surface area (Å²) in [4.78, 5) is 22.2. The van der Waals surface area contributed by atoms with E-state index in [1.54, 1.807) is 0 Å². The molecular weight excluding hydrogens is 244 g/mol. The van der Waals surface area contributed by atoms with Gasteiger partial charge in [0.1, 0.15) is 0 Å². The van der Waals surface area contributed by atoms with Crippen molar-refractivity contribution in [3.63, 3.8) is 0 Å². The molecule has 0 aromatic heterocycles. The fourth-order valence-electron chi connectivity index (χ4n) is 1.73. The van der Waals surface area contributed by atoms with Crippen LogP contribution in [-0.2, 0) is 16.0 Å². The molecule has 0 radical (unpaired) electrons. The molecule has 0 bridgehead atoms. The van der Waals surface area contributed by atoms with Crippen molar-refractivity contribution in [1.82, 2.24) is 5.32 Å². The minimum absolute atomic E-state index is 0.196. The van der Waals surface area contributed by atoms with Gasteiger partial charge < -0.3 is 16.2 Å². The van der Waals surface area contributed by atoms with E-state index in [-0.39, 0.29) is 12.5 Å². The maximum Gasteiger partial charge on any atom is 0.305 e. The highest BCUT2D eigenvalue weighted by Crippen LogP contribution is 2.13.